The summed E-state index contributed by atoms with van der Waals surface area (Å²) in [6.07, 6.45) is 0. The fourth-order valence-electron chi connectivity index (χ4n) is 2.36. The van der Waals surface area contributed by atoms with Crippen LogP contribution in [0.1, 0.15) is 23.6 Å². The van der Waals surface area contributed by atoms with Crippen molar-refractivity contribution in [3.05, 3.63) is 65.2 Å². The summed E-state index contributed by atoms with van der Waals surface area (Å²) in [6, 6.07) is 16.0. The summed E-state index contributed by atoms with van der Waals surface area (Å²) < 4.78 is 0. The van der Waals surface area contributed by atoms with Gasteiger partial charge in [0.1, 0.15) is 0 Å². The summed E-state index contributed by atoms with van der Waals surface area (Å²) in [6.45, 7) is 4.95. The molecule has 1 amide bonds. The van der Waals surface area contributed by atoms with Crippen molar-refractivity contribution in [2.24, 2.45) is 4.99 Å². The SMILES string of the molecule is CN=C(NCc1cccc(NC(C)=O)c1)NCc1ccccc1C. The second kappa shape index (κ2) is 8.72. The maximum atomic E-state index is 11.1. The summed E-state index contributed by atoms with van der Waals surface area (Å²) in [4.78, 5) is 15.4. The predicted octanol–water partition coefficient (Wildman–Crippen LogP) is 2.82. The minimum absolute atomic E-state index is 0.0733. The average Bonchev–Trinajstić information content (AvgIpc) is 2.56. The van der Waals surface area contributed by atoms with Gasteiger partial charge < -0.3 is 16.0 Å². The second-order valence-corrected chi connectivity index (χ2v) is 5.59. The number of hydrogen-bond donors (Lipinski definition) is 3. The van der Waals surface area contributed by atoms with Crippen LogP contribution < -0.4 is 16.0 Å². The van der Waals surface area contributed by atoms with Crippen LogP contribution in [0.2, 0.25) is 0 Å². The fourth-order valence-corrected chi connectivity index (χ4v) is 2.36. The van der Waals surface area contributed by atoms with Crippen LogP contribution in [0, 0.1) is 6.92 Å². The number of guanidine groups is 1. The largest absolute Gasteiger partial charge is 0.352 e. The van der Waals surface area contributed by atoms with Crippen molar-refractivity contribution in [1.82, 2.24) is 10.6 Å². The molecule has 0 saturated carbocycles. The Balaban J connectivity index is 1.90. The van der Waals surface area contributed by atoms with E-state index in [4.69, 9.17) is 0 Å². The van der Waals surface area contributed by atoms with Gasteiger partial charge in [-0.25, -0.2) is 0 Å². The van der Waals surface area contributed by atoms with Gasteiger partial charge in [-0.2, -0.15) is 0 Å². The molecule has 2 aromatic carbocycles. The topological polar surface area (TPSA) is 65.5 Å². The van der Waals surface area contributed by atoms with E-state index in [9.17, 15) is 4.79 Å². The maximum absolute atomic E-state index is 11.1. The fraction of sp³-hybridized carbons (Fsp3) is 0.263. The molecule has 24 heavy (non-hydrogen) atoms. The number of hydrogen-bond acceptors (Lipinski definition) is 2. The van der Waals surface area contributed by atoms with Crippen molar-refractivity contribution in [2.75, 3.05) is 12.4 Å². The van der Waals surface area contributed by atoms with E-state index in [1.54, 1.807) is 7.05 Å². The summed E-state index contributed by atoms with van der Waals surface area (Å²) in [7, 11) is 1.75. The Morgan fingerprint density at radius 3 is 2.50 bits per heavy atom. The Labute approximate surface area is 143 Å². The molecule has 0 heterocycles. The predicted molar refractivity (Wildman–Crippen MR) is 99.0 cm³/mol. The summed E-state index contributed by atoms with van der Waals surface area (Å²) in [5.74, 6) is 0.666. The van der Waals surface area contributed by atoms with E-state index in [0.29, 0.717) is 6.54 Å². The molecular weight excluding hydrogens is 300 g/mol. The first-order valence-electron chi connectivity index (χ1n) is 7.94. The van der Waals surface area contributed by atoms with Crippen LogP contribution >= 0.6 is 0 Å². The number of rotatable bonds is 5. The smallest absolute Gasteiger partial charge is 0.221 e. The number of carbonyl (C=O) groups is 1. The van der Waals surface area contributed by atoms with Gasteiger partial charge in [0.15, 0.2) is 5.96 Å². The minimum atomic E-state index is -0.0733. The number of nitrogens with zero attached hydrogens (tertiary/aromatic N) is 1. The van der Waals surface area contributed by atoms with Crippen molar-refractivity contribution in [2.45, 2.75) is 26.9 Å². The van der Waals surface area contributed by atoms with Gasteiger partial charge in [-0.05, 0) is 35.7 Å². The van der Waals surface area contributed by atoms with E-state index in [1.807, 2.05) is 36.4 Å². The highest BCUT2D eigenvalue weighted by Crippen LogP contribution is 2.10. The summed E-state index contributed by atoms with van der Waals surface area (Å²) in [5, 5.41) is 9.38. The van der Waals surface area contributed by atoms with E-state index < -0.39 is 0 Å². The molecule has 0 atom stereocenters. The Bertz CT molecular complexity index is 725. The monoisotopic (exact) mass is 324 g/mol. The normalized spacial score (nSPS) is 11.0. The molecule has 2 aromatic rings. The molecule has 5 nitrogen and oxygen atoms in total. The van der Waals surface area contributed by atoms with Crippen LogP contribution in [0.5, 0.6) is 0 Å². The standard InChI is InChI=1S/C19H24N4O/c1-14-7-4-5-9-17(14)13-22-19(20-3)21-12-16-8-6-10-18(11-16)23-15(2)24/h4-11H,12-13H2,1-3H3,(H,23,24)(H2,20,21,22). The first kappa shape index (κ1) is 17.5. The van der Waals surface area contributed by atoms with Crippen molar-refractivity contribution in [3.63, 3.8) is 0 Å². The van der Waals surface area contributed by atoms with Gasteiger partial charge in [-0.1, -0.05) is 36.4 Å². The van der Waals surface area contributed by atoms with Crippen LogP contribution in [0.4, 0.5) is 5.69 Å². The first-order valence-corrected chi connectivity index (χ1v) is 7.94. The Morgan fingerprint density at radius 2 is 1.79 bits per heavy atom. The van der Waals surface area contributed by atoms with Gasteiger partial charge in [-0.3, -0.25) is 9.79 Å². The van der Waals surface area contributed by atoms with Crippen molar-refractivity contribution < 1.29 is 4.79 Å². The minimum Gasteiger partial charge on any atom is -0.352 e. The van der Waals surface area contributed by atoms with Gasteiger partial charge >= 0.3 is 0 Å². The molecule has 0 saturated heterocycles. The quantitative estimate of drug-likeness (QED) is 0.585. The number of aliphatic imine (C=N–C) groups is 1. The summed E-state index contributed by atoms with van der Waals surface area (Å²) in [5.41, 5.74) is 4.36. The van der Waals surface area contributed by atoms with Crippen LogP contribution in [-0.4, -0.2) is 18.9 Å². The molecule has 0 spiro atoms. The number of amides is 1. The average molecular weight is 324 g/mol. The van der Waals surface area contributed by atoms with Crippen LogP contribution in [0.15, 0.2) is 53.5 Å². The molecule has 0 bridgehead atoms. The van der Waals surface area contributed by atoms with Gasteiger partial charge in [0.2, 0.25) is 5.91 Å². The lowest BCUT2D eigenvalue weighted by Crippen LogP contribution is -2.36. The lowest BCUT2D eigenvalue weighted by Gasteiger charge is -2.13. The Kier molecular flexibility index (Phi) is 6.37. The Morgan fingerprint density at radius 1 is 1.04 bits per heavy atom. The first-order chi connectivity index (χ1) is 11.6. The van der Waals surface area contributed by atoms with Gasteiger partial charge in [0.25, 0.3) is 0 Å². The molecule has 3 N–H and O–H groups in total. The zero-order valence-electron chi connectivity index (χ0n) is 14.4. The molecule has 0 unspecified atom stereocenters. The third-order valence-corrected chi connectivity index (χ3v) is 3.64. The van der Waals surface area contributed by atoms with E-state index in [2.05, 4.69) is 40.0 Å². The van der Waals surface area contributed by atoms with Crippen LogP contribution in [0.3, 0.4) is 0 Å². The van der Waals surface area contributed by atoms with E-state index in [0.717, 1.165) is 23.8 Å². The highest BCUT2D eigenvalue weighted by atomic mass is 16.1. The second-order valence-electron chi connectivity index (χ2n) is 5.59. The molecule has 0 aliphatic carbocycles. The third kappa shape index (κ3) is 5.43. The number of anilines is 1. The zero-order valence-corrected chi connectivity index (χ0v) is 14.4. The highest BCUT2D eigenvalue weighted by molar-refractivity contribution is 5.88. The van der Waals surface area contributed by atoms with Crippen molar-refractivity contribution in [1.29, 1.82) is 0 Å². The molecule has 0 aliphatic rings. The van der Waals surface area contributed by atoms with E-state index in [-0.39, 0.29) is 5.91 Å². The number of benzene rings is 2. The third-order valence-electron chi connectivity index (χ3n) is 3.64. The van der Waals surface area contributed by atoms with Gasteiger partial charge in [-0.15, -0.1) is 0 Å². The van der Waals surface area contributed by atoms with Gasteiger partial charge in [0.05, 0.1) is 0 Å². The molecule has 2 rings (SSSR count). The number of nitrogens with one attached hydrogen (secondary N) is 3. The van der Waals surface area contributed by atoms with Crippen molar-refractivity contribution >= 4 is 17.6 Å². The molecular formula is C19H24N4O. The highest BCUT2D eigenvalue weighted by Gasteiger charge is 2.02. The van der Waals surface area contributed by atoms with Gasteiger partial charge in [0, 0.05) is 32.7 Å². The zero-order chi connectivity index (χ0) is 17.4. The van der Waals surface area contributed by atoms with Crippen LogP contribution in [-0.2, 0) is 17.9 Å². The lowest BCUT2D eigenvalue weighted by molar-refractivity contribution is -0.114. The molecule has 126 valence electrons. The molecule has 0 fully saturated rings. The van der Waals surface area contributed by atoms with Crippen molar-refractivity contribution in [3.8, 4) is 0 Å². The molecule has 0 aromatic heterocycles. The van der Waals surface area contributed by atoms with E-state index >= 15 is 0 Å². The maximum Gasteiger partial charge on any atom is 0.221 e. The Hall–Kier alpha value is -2.82. The number of carbonyl (C=O) groups excluding carboxylic acids is 1. The molecule has 0 radical (unpaired) electrons. The molecule has 0 aliphatic heterocycles. The molecule has 5 heteroatoms. The lowest BCUT2D eigenvalue weighted by atomic mass is 10.1. The number of aryl methyl sites for hydroxylation is 1. The van der Waals surface area contributed by atoms with E-state index in [1.165, 1.54) is 18.1 Å². The summed E-state index contributed by atoms with van der Waals surface area (Å²) >= 11 is 0. The van der Waals surface area contributed by atoms with Crippen LogP contribution in [0.25, 0.3) is 0 Å².